The first-order valence-corrected chi connectivity index (χ1v) is 2.97. The van der Waals surface area contributed by atoms with Gasteiger partial charge in [0.05, 0.1) is 0 Å². The Morgan fingerprint density at radius 2 is 1.10 bits per heavy atom. The SMILES string of the molecule is CO.FC(F)(Cl)C(F)(Cl)Cl. The van der Waals surface area contributed by atoms with Crippen molar-refractivity contribution in [1.82, 2.24) is 0 Å². The van der Waals surface area contributed by atoms with Gasteiger partial charge >= 0.3 is 9.97 Å². The molecule has 0 aromatic rings. The zero-order valence-corrected chi connectivity index (χ0v) is 6.98. The first-order valence-electron chi connectivity index (χ1n) is 1.83. The van der Waals surface area contributed by atoms with Crippen LogP contribution in [-0.4, -0.2) is 22.2 Å². The van der Waals surface area contributed by atoms with E-state index in [1.807, 2.05) is 0 Å². The maximum absolute atomic E-state index is 11.5. The Balaban J connectivity index is 0. The highest BCUT2D eigenvalue weighted by Gasteiger charge is 2.51. The van der Waals surface area contributed by atoms with Crippen molar-refractivity contribution in [2.24, 2.45) is 0 Å². The maximum atomic E-state index is 11.5. The van der Waals surface area contributed by atoms with E-state index in [4.69, 9.17) is 5.11 Å². The molecule has 7 heteroatoms. The summed E-state index contributed by atoms with van der Waals surface area (Å²) in [5.41, 5.74) is 0. The average Bonchev–Trinajstić information content (AvgIpc) is 1.66. The molecular formula is C3H4Cl3F3O. The summed E-state index contributed by atoms with van der Waals surface area (Å²) in [6.45, 7) is 0. The van der Waals surface area contributed by atoms with Crippen LogP contribution in [0.15, 0.2) is 0 Å². The minimum Gasteiger partial charge on any atom is -0.400 e. The van der Waals surface area contributed by atoms with E-state index in [0.29, 0.717) is 0 Å². The van der Waals surface area contributed by atoms with E-state index in [1.54, 1.807) is 0 Å². The number of hydrogen-bond donors (Lipinski definition) is 1. The molecule has 0 aromatic carbocycles. The number of halogens is 6. The van der Waals surface area contributed by atoms with Crippen molar-refractivity contribution < 1.29 is 18.3 Å². The predicted molar refractivity (Wildman–Crippen MR) is 34.5 cm³/mol. The van der Waals surface area contributed by atoms with Crippen LogP contribution in [0.5, 0.6) is 0 Å². The molecule has 0 saturated carbocycles. The van der Waals surface area contributed by atoms with Gasteiger partial charge in [-0.25, -0.2) is 0 Å². The van der Waals surface area contributed by atoms with E-state index in [0.717, 1.165) is 7.11 Å². The summed E-state index contributed by atoms with van der Waals surface area (Å²) in [6, 6.07) is 0. The van der Waals surface area contributed by atoms with Gasteiger partial charge in [-0.05, 0) is 11.6 Å². The van der Waals surface area contributed by atoms with Gasteiger partial charge in [0, 0.05) is 7.11 Å². The van der Waals surface area contributed by atoms with Crippen LogP contribution < -0.4 is 0 Å². The minimum absolute atomic E-state index is 1.00. The topological polar surface area (TPSA) is 20.2 Å². The highest BCUT2D eigenvalue weighted by atomic mass is 35.5. The molecule has 0 rings (SSSR count). The lowest BCUT2D eigenvalue weighted by molar-refractivity contribution is 0.0241. The zero-order chi connectivity index (χ0) is 9.00. The second-order valence-electron chi connectivity index (χ2n) is 0.996. The average molecular weight is 219 g/mol. The molecule has 0 fully saturated rings. The molecule has 0 aliphatic heterocycles. The first-order chi connectivity index (χ1) is 4.25. The normalized spacial score (nSPS) is 12.0. The Bertz CT molecular complexity index is 74.0. The highest BCUT2D eigenvalue weighted by molar-refractivity contribution is 6.51. The van der Waals surface area contributed by atoms with Gasteiger partial charge in [-0.1, -0.05) is 23.2 Å². The lowest BCUT2D eigenvalue weighted by Gasteiger charge is -2.13. The fourth-order valence-corrected chi connectivity index (χ4v) is 0. The van der Waals surface area contributed by atoms with Crippen LogP contribution in [0, 0.1) is 0 Å². The number of alkyl halides is 6. The molecule has 10 heavy (non-hydrogen) atoms. The van der Waals surface area contributed by atoms with Crippen LogP contribution in [0.1, 0.15) is 0 Å². The fraction of sp³-hybridized carbons (Fsp3) is 1.00. The van der Waals surface area contributed by atoms with Crippen molar-refractivity contribution in [3.05, 3.63) is 0 Å². The molecule has 0 aliphatic carbocycles. The largest absolute Gasteiger partial charge is 0.400 e. The molecule has 0 spiro atoms. The van der Waals surface area contributed by atoms with Gasteiger partial charge in [0.2, 0.25) is 0 Å². The van der Waals surface area contributed by atoms with Crippen LogP contribution in [0.4, 0.5) is 13.2 Å². The summed E-state index contributed by atoms with van der Waals surface area (Å²) < 4.78 is 30.6. The Kier molecular flexibility index (Phi) is 5.94. The molecule has 1 nitrogen and oxygen atoms in total. The van der Waals surface area contributed by atoms with Crippen molar-refractivity contribution in [2.45, 2.75) is 9.97 Å². The second kappa shape index (κ2) is 4.49. The van der Waals surface area contributed by atoms with E-state index in [1.165, 1.54) is 0 Å². The lowest BCUT2D eigenvalue weighted by atomic mass is 10.8. The third kappa shape index (κ3) is 5.41. The van der Waals surface area contributed by atoms with E-state index in [2.05, 4.69) is 34.8 Å². The standard InChI is InChI=1S/C2Cl3F3.CH4O/c3-1(4,6)2(5,7)8;1-2/h;2H,1H3. The molecule has 0 unspecified atom stereocenters. The highest BCUT2D eigenvalue weighted by Crippen LogP contribution is 2.42. The molecule has 0 amide bonds. The number of aliphatic hydroxyl groups excluding tert-OH is 1. The first kappa shape index (κ1) is 13.2. The van der Waals surface area contributed by atoms with E-state index in [-0.39, 0.29) is 0 Å². The van der Waals surface area contributed by atoms with Crippen LogP contribution in [0.25, 0.3) is 0 Å². The van der Waals surface area contributed by atoms with Gasteiger partial charge in [-0.2, -0.15) is 13.2 Å². The van der Waals surface area contributed by atoms with Crippen LogP contribution >= 0.6 is 34.8 Å². The van der Waals surface area contributed by atoms with Crippen molar-refractivity contribution in [3.8, 4) is 0 Å². The summed E-state index contributed by atoms with van der Waals surface area (Å²) in [4.78, 5) is 0. The Hall–Kier alpha value is 0.620. The molecule has 0 radical (unpaired) electrons. The number of aliphatic hydroxyl groups is 1. The smallest absolute Gasteiger partial charge is 0.383 e. The number of hydrogen-bond acceptors (Lipinski definition) is 1. The quantitative estimate of drug-likeness (QED) is 0.672. The van der Waals surface area contributed by atoms with Crippen LogP contribution in [0.2, 0.25) is 0 Å². The summed E-state index contributed by atoms with van der Waals surface area (Å²) >= 11 is 12.5. The van der Waals surface area contributed by atoms with E-state index in [9.17, 15) is 13.2 Å². The summed E-state index contributed by atoms with van der Waals surface area (Å²) in [5, 5.41) is 2.77. The maximum Gasteiger partial charge on any atom is 0.383 e. The summed E-state index contributed by atoms with van der Waals surface area (Å²) in [5.74, 6) is 0. The van der Waals surface area contributed by atoms with Crippen LogP contribution in [0.3, 0.4) is 0 Å². The molecule has 0 aliphatic rings. The molecule has 0 aromatic heterocycles. The molecule has 0 heterocycles. The second-order valence-corrected chi connectivity index (χ2v) is 2.71. The molecule has 0 saturated heterocycles. The zero-order valence-electron chi connectivity index (χ0n) is 4.72. The Labute approximate surface area is 70.7 Å². The van der Waals surface area contributed by atoms with Gasteiger partial charge in [-0.15, -0.1) is 0 Å². The van der Waals surface area contributed by atoms with E-state index < -0.39 is 9.97 Å². The van der Waals surface area contributed by atoms with Crippen molar-refractivity contribution in [2.75, 3.05) is 7.11 Å². The van der Waals surface area contributed by atoms with Gasteiger partial charge in [-0.3, -0.25) is 0 Å². The predicted octanol–water partition coefficient (Wildman–Crippen LogP) is 2.53. The van der Waals surface area contributed by atoms with Gasteiger partial charge < -0.3 is 5.11 Å². The van der Waals surface area contributed by atoms with Crippen molar-refractivity contribution in [3.63, 3.8) is 0 Å². The number of rotatable bonds is 1. The van der Waals surface area contributed by atoms with E-state index >= 15 is 0 Å². The molecular weight excluding hydrogens is 215 g/mol. The monoisotopic (exact) mass is 218 g/mol. The van der Waals surface area contributed by atoms with Gasteiger partial charge in [0.15, 0.2) is 0 Å². The fourth-order valence-electron chi connectivity index (χ4n) is 0. The van der Waals surface area contributed by atoms with Gasteiger partial charge in [0.25, 0.3) is 0 Å². The van der Waals surface area contributed by atoms with Crippen molar-refractivity contribution in [1.29, 1.82) is 0 Å². The molecule has 0 bridgehead atoms. The summed E-state index contributed by atoms with van der Waals surface area (Å²) in [7, 11) is 1.00. The minimum atomic E-state index is -4.23. The molecule has 0 atom stereocenters. The third-order valence-electron chi connectivity index (χ3n) is 0.321. The summed E-state index contributed by atoms with van der Waals surface area (Å²) in [6.07, 6.45) is 0. The van der Waals surface area contributed by atoms with Gasteiger partial charge in [0.1, 0.15) is 0 Å². The molecule has 64 valence electrons. The van der Waals surface area contributed by atoms with Crippen LogP contribution in [-0.2, 0) is 0 Å². The van der Waals surface area contributed by atoms with Crippen molar-refractivity contribution >= 4 is 34.8 Å². The Morgan fingerprint density at radius 1 is 1.00 bits per heavy atom. The molecule has 1 N–H and O–H groups in total. The third-order valence-corrected chi connectivity index (χ3v) is 1.25. The Morgan fingerprint density at radius 3 is 1.10 bits per heavy atom. The lowest BCUT2D eigenvalue weighted by Crippen LogP contribution is -2.27.